The second-order valence-electron chi connectivity index (χ2n) is 4.75. The lowest BCUT2D eigenvalue weighted by Crippen LogP contribution is -2.05. The minimum Gasteiger partial charge on any atom is -0.508 e. The third kappa shape index (κ3) is 3.78. The van der Waals surface area contributed by atoms with Gasteiger partial charge in [0.15, 0.2) is 0 Å². The zero-order valence-corrected chi connectivity index (χ0v) is 11.2. The van der Waals surface area contributed by atoms with Crippen LogP contribution < -0.4 is 0 Å². The summed E-state index contributed by atoms with van der Waals surface area (Å²) in [4.78, 5) is 0. The van der Waals surface area contributed by atoms with E-state index in [0.717, 1.165) is 12.1 Å². The zero-order chi connectivity index (χ0) is 16.3. The van der Waals surface area contributed by atoms with Crippen molar-refractivity contribution in [1.82, 2.24) is 0 Å². The first kappa shape index (κ1) is 15.9. The zero-order valence-electron chi connectivity index (χ0n) is 11.2. The van der Waals surface area contributed by atoms with Gasteiger partial charge in [0.25, 0.3) is 6.08 Å². The van der Waals surface area contributed by atoms with Crippen molar-refractivity contribution in [2.75, 3.05) is 0 Å². The molecule has 0 radical (unpaired) electrons. The first-order valence-electron chi connectivity index (χ1n) is 6.35. The molecule has 6 heteroatoms. The summed E-state index contributed by atoms with van der Waals surface area (Å²) in [5.74, 6) is -3.36. The lowest BCUT2D eigenvalue weighted by Gasteiger charge is -2.15. The monoisotopic (exact) mass is 312 g/mol. The van der Waals surface area contributed by atoms with Gasteiger partial charge < -0.3 is 10.2 Å². The molecule has 1 atom stereocenters. The van der Waals surface area contributed by atoms with Crippen LogP contribution in [0.2, 0.25) is 0 Å². The normalized spacial score (nSPS) is 12.0. The highest BCUT2D eigenvalue weighted by Crippen LogP contribution is 2.30. The van der Waals surface area contributed by atoms with Gasteiger partial charge in [0, 0.05) is 18.1 Å². The molecule has 2 aromatic carbocycles. The molecule has 116 valence electrons. The molecule has 0 spiro atoms. The van der Waals surface area contributed by atoms with Crippen LogP contribution in [0.3, 0.4) is 0 Å². The van der Waals surface area contributed by atoms with E-state index in [1.54, 1.807) is 0 Å². The van der Waals surface area contributed by atoms with E-state index < -0.39 is 23.6 Å². The second-order valence-corrected chi connectivity index (χ2v) is 4.75. The SMILES string of the molecule is Oc1ccc(CC(C=C(F)F)c2ccc(O)cc2F)c(F)c1. The summed E-state index contributed by atoms with van der Waals surface area (Å²) < 4.78 is 52.8. The number of aromatic hydroxyl groups is 2. The molecule has 2 nitrogen and oxygen atoms in total. The molecule has 0 saturated carbocycles. The van der Waals surface area contributed by atoms with Crippen LogP contribution in [-0.2, 0) is 6.42 Å². The van der Waals surface area contributed by atoms with Crippen LogP contribution in [0, 0.1) is 11.6 Å². The molecule has 2 aromatic rings. The maximum absolute atomic E-state index is 13.9. The van der Waals surface area contributed by atoms with Crippen molar-refractivity contribution >= 4 is 0 Å². The van der Waals surface area contributed by atoms with E-state index in [-0.39, 0.29) is 29.0 Å². The number of hydrogen-bond acceptors (Lipinski definition) is 2. The van der Waals surface area contributed by atoms with E-state index in [9.17, 15) is 22.7 Å². The Hall–Kier alpha value is -2.50. The molecular formula is C16H12F4O2. The van der Waals surface area contributed by atoms with Crippen LogP contribution in [0.1, 0.15) is 17.0 Å². The molecule has 0 saturated heterocycles. The fourth-order valence-electron chi connectivity index (χ4n) is 2.17. The Bertz CT molecular complexity index is 709. The molecule has 1 unspecified atom stereocenters. The summed E-state index contributed by atoms with van der Waals surface area (Å²) >= 11 is 0. The quantitative estimate of drug-likeness (QED) is 0.817. The summed E-state index contributed by atoms with van der Waals surface area (Å²) in [6.07, 6.45) is -1.70. The van der Waals surface area contributed by atoms with Gasteiger partial charge in [0.1, 0.15) is 23.1 Å². The minimum atomic E-state index is -2.02. The number of halogens is 4. The van der Waals surface area contributed by atoms with Gasteiger partial charge in [-0.25, -0.2) is 8.78 Å². The van der Waals surface area contributed by atoms with Crippen molar-refractivity contribution in [2.45, 2.75) is 12.3 Å². The van der Waals surface area contributed by atoms with Gasteiger partial charge in [0.2, 0.25) is 0 Å². The number of benzene rings is 2. The maximum Gasteiger partial charge on any atom is 0.266 e. The van der Waals surface area contributed by atoms with Crippen molar-refractivity contribution in [3.63, 3.8) is 0 Å². The Kier molecular flexibility index (Phi) is 4.70. The first-order valence-corrected chi connectivity index (χ1v) is 6.35. The predicted molar refractivity (Wildman–Crippen MR) is 72.9 cm³/mol. The molecule has 0 fully saturated rings. The Labute approximate surface area is 124 Å². The number of phenolic OH excluding ortho intramolecular Hbond substituents is 2. The average Bonchev–Trinajstić information content (AvgIpc) is 2.40. The van der Waals surface area contributed by atoms with Crippen LogP contribution in [0.25, 0.3) is 0 Å². The van der Waals surface area contributed by atoms with Crippen molar-refractivity contribution < 1.29 is 27.8 Å². The molecule has 0 heterocycles. The molecule has 2 N–H and O–H groups in total. The predicted octanol–water partition coefficient (Wildman–Crippen LogP) is 4.48. The Balaban J connectivity index is 2.40. The van der Waals surface area contributed by atoms with Crippen LogP contribution in [-0.4, -0.2) is 10.2 Å². The lowest BCUT2D eigenvalue weighted by atomic mass is 9.91. The van der Waals surface area contributed by atoms with Gasteiger partial charge in [-0.2, -0.15) is 8.78 Å². The van der Waals surface area contributed by atoms with Gasteiger partial charge in [0.05, 0.1) is 0 Å². The topological polar surface area (TPSA) is 40.5 Å². The fraction of sp³-hybridized carbons (Fsp3) is 0.125. The lowest BCUT2D eigenvalue weighted by molar-refractivity contribution is 0.413. The van der Waals surface area contributed by atoms with E-state index in [2.05, 4.69) is 0 Å². The van der Waals surface area contributed by atoms with Gasteiger partial charge >= 0.3 is 0 Å². The highest BCUT2D eigenvalue weighted by molar-refractivity contribution is 5.35. The highest BCUT2D eigenvalue weighted by Gasteiger charge is 2.18. The van der Waals surface area contributed by atoms with Gasteiger partial charge in [-0.3, -0.25) is 0 Å². The third-order valence-corrected chi connectivity index (χ3v) is 3.19. The molecule has 0 aliphatic heterocycles. The molecule has 22 heavy (non-hydrogen) atoms. The number of allylic oxidation sites excluding steroid dienone is 1. The second kappa shape index (κ2) is 6.51. The standard InChI is InChI=1S/C16H12F4O2/c17-14-7-11(21)2-1-9(14)5-10(6-16(19)20)13-4-3-12(22)8-15(13)18/h1-4,6-8,10,21-22H,5H2. The van der Waals surface area contributed by atoms with E-state index >= 15 is 0 Å². The Morgan fingerprint density at radius 3 is 2.09 bits per heavy atom. The number of phenols is 2. The summed E-state index contributed by atoms with van der Waals surface area (Å²) in [5, 5.41) is 18.3. The molecular weight excluding hydrogens is 300 g/mol. The molecule has 0 aliphatic rings. The van der Waals surface area contributed by atoms with Gasteiger partial charge in [-0.05, 0) is 35.8 Å². The fourth-order valence-corrected chi connectivity index (χ4v) is 2.17. The number of rotatable bonds is 4. The maximum atomic E-state index is 13.9. The van der Waals surface area contributed by atoms with Crippen molar-refractivity contribution in [3.8, 4) is 11.5 Å². The summed E-state index contributed by atoms with van der Waals surface area (Å²) in [6.45, 7) is 0. The van der Waals surface area contributed by atoms with Crippen LogP contribution >= 0.6 is 0 Å². The van der Waals surface area contributed by atoms with Crippen LogP contribution in [0.4, 0.5) is 17.6 Å². The summed E-state index contributed by atoms with van der Waals surface area (Å²) in [6, 6.07) is 6.47. The Morgan fingerprint density at radius 1 is 0.955 bits per heavy atom. The van der Waals surface area contributed by atoms with E-state index in [4.69, 9.17) is 5.11 Å². The van der Waals surface area contributed by atoms with Crippen molar-refractivity contribution in [1.29, 1.82) is 0 Å². The van der Waals surface area contributed by atoms with E-state index in [0.29, 0.717) is 6.08 Å². The average molecular weight is 312 g/mol. The molecule has 2 rings (SSSR count). The molecule has 0 aromatic heterocycles. The third-order valence-electron chi connectivity index (χ3n) is 3.19. The van der Waals surface area contributed by atoms with E-state index in [1.807, 2.05) is 0 Å². The smallest absolute Gasteiger partial charge is 0.266 e. The van der Waals surface area contributed by atoms with Gasteiger partial charge in [-0.15, -0.1) is 0 Å². The molecule has 0 amide bonds. The van der Waals surface area contributed by atoms with E-state index in [1.165, 1.54) is 24.3 Å². The summed E-state index contributed by atoms with van der Waals surface area (Å²) in [7, 11) is 0. The molecule has 0 aliphatic carbocycles. The van der Waals surface area contributed by atoms with Crippen LogP contribution in [0.5, 0.6) is 11.5 Å². The minimum absolute atomic E-state index is 0.0628. The molecule has 0 bridgehead atoms. The number of hydrogen-bond donors (Lipinski definition) is 2. The van der Waals surface area contributed by atoms with Gasteiger partial charge in [-0.1, -0.05) is 12.1 Å². The summed E-state index contributed by atoms with van der Waals surface area (Å²) in [5.41, 5.74) is -0.0224. The first-order chi connectivity index (χ1) is 10.4. The largest absolute Gasteiger partial charge is 0.508 e. The Morgan fingerprint density at radius 2 is 1.55 bits per heavy atom. The highest BCUT2D eigenvalue weighted by atomic mass is 19.3. The van der Waals surface area contributed by atoms with Crippen molar-refractivity contribution in [2.24, 2.45) is 0 Å². The van der Waals surface area contributed by atoms with Crippen molar-refractivity contribution in [3.05, 3.63) is 71.3 Å². The van der Waals surface area contributed by atoms with Crippen LogP contribution in [0.15, 0.2) is 48.6 Å².